The van der Waals surface area contributed by atoms with E-state index in [9.17, 15) is 24.2 Å². The van der Waals surface area contributed by atoms with Gasteiger partial charge in [0.15, 0.2) is 0 Å². The first-order valence-electron chi connectivity index (χ1n) is 9.93. The molecule has 1 aromatic heterocycles. The molecule has 1 fully saturated rings. The van der Waals surface area contributed by atoms with E-state index in [0.717, 1.165) is 5.69 Å². The van der Waals surface area contributed by atoms with Crippen molar-refractivity contribution in [1.29, 1.82) is 0 Å². The minimum Gasteiger partial charge on any atom is -0.481 e. The van der Waals surface area contributed by atoms with Crippen molar-refractivity contribution in [3.63, 3.8) is 0 Å². The monoisotopic (exact) mass is 423 g/mol. The van der Waals surface area contributed by atoms with E-state index >= 15 is 0 Å². The van der Waals surface area contributed by atoms with E-state index in [1.54, 1.807) is 53.6 Å². The van der Waals surface area contributed by atoms with Gasteiger partial charge in [0.2, 0.25) is 0 Å². The second-order valence-corrected chi connectivity index (χ2v) is 7.82. The van der Waals surface area contributed by atoms with E-state index in [0.29, 0.717) is 11.1 Å². The number of carboxylic acid groups (broad SMARTS) is 1. The zero-order valence-electron chi connectivity index (χ0n) is 16.7. The highest BCUT2D eigenvalue weighted by Crippen LogP contribution is 2.35. The van der Waals surface area contributed by atoms with Crippen LogP contribution in [-0.2, 0) is 11.2 Å². The van der Waals surface area contributed by atoms with Gasteiger partial charge in [-0.1, -0.05) is 12.1 Å². The Kier molecular flexibility index (Phi) is 5.56. The SMILES string of the molecule is O=C(c1ccc(-n2ccnc2)cc1)N1CC[C@H](O)[C@](Cc2cccc(F)c2)(C(=O)O)C1. The van der Waals surface area contributed by atoms with Gasteiger partial charge >= 0.3 is 5.97 Å². The van der Waals surface area contributed by atoms with Crippen molar-refractivity contribution in [1.82, 2.24) is 14.5 Å². The molecular weight excluding hydrogens is 401 g/mol. The summed E-state index contributed by atoms with van der Waals surface area (Å²) < 4.78 is 15.4. The molecule has 0 radical (unpaired) electrons. The van der Waals surface area contributed by atoms with Crippen LogP contribution in [0.25, 0.3) is 5.69 Å². The van der Waals surface area contributed by atoms with E-state index in [4.69, 9.17) is 0 Å². The molecule has 0 saturated carbocycles. The number of nitrogens with zero attached hydrogens (tertiary/aromatic N) is 3. The van der Waals surface area contributed by atoms with Crippen LogP contribution in [-0.4, -0.2) is 55.7 Å². The zero-order valence-corrected chi connectivity index (χ0v) is 16.7. The van der Waals surface area contributed by atoms with Crippen molar-refractivity contribution < 1.29 is 24.2 Å². The molecule has 0 aliphatic carbocycles. The Hall–Kier alpha value is -3.52. The average molecular weight is 423 g/mol. The number of aliphatic hydroxyl groups excluding tert-OH is 1. The standard InChI is InChI=1S/C23H22FN3O4/c24-18-3-1-2-16(12-18)13-23(22(30)31)14-26(10-8-20(23)28)21(29)17-4-6-19(7-5-17)27-11-9-25-15-27/h1-7,9,11-12,15,20,28H,8,10,13-14H2,(H,30,31)/t20-,23+/m0/s1. The zero-order chi connectivity index (χ0) is 22.0. The van der Waals surface area contributed by atoms with Gasteiger partial charge in [0.05, 0.1) is 12.4 Å². The van der Waals surface area contributed by atoms with Crippen molar-refractivity contribution in [3.05, 3.63) is 84.2 Å². The molecule has 0 spiro atoms. The molecule has 2 heterocycles. The van der Waals surface area contributed by atoms with Crippen LogP contribution in [0.3, 0.4) is 0 Å². The predicted octanol–water partition coefficient (Wildman–Crippen LogP) is 2.53. The summed E-state index contributed by atoms with van der Waals surface area (Å²) in [6, 6.07) is 12.6. The first-order valence-corrected chi connectivity index (χ1v) is 9.93. The molecule has 1 aliphatic heterocycles. The number of hydrogen-bond acceptors (Lipinski definition) is 4. The normalized spacial score (nSPS) is 21.1. The molecule has 1 aliphatic rings. The van der Waals surface area contributed by atoms with Crippen LogP contribution in [0.1, 0.15) is 22.3 Å². The third kappa shape index (κ3) is 4.06. The van der Waals surface area contributed by atoms with Crippen molar-refractivity contribution in [2.24, 2.45) is 5.41 Å². The van der Waals surface area contributed by atoms with E-state index in [1.807, 2.05) is 0 Å². The van der Waals surface area contributed by atoms with Gasteiger partial charge in [0.1, 0.15) is 11.2 Å². The molecule has 31 heavy (non-hydrogen) atoms. The van der Waals surface area contributed by atoms with Crippen LogP contribution in [0.2, 0.25) is 0 Å². The molecular formula is C23H22FN3O4. The molecule has 3 aromatic rings. The number of hydrogen-bond donors (Lipinski definition) is 2. The minimum absolute atomic E-state index is 0.0788. The number of imidazole rings is 1. The van der Waals surface area contributed by atoms with Crippen molar-refractivity contribution >= 4 is 11.9 Å². The number of halogens is 1. The number of aromatic nitrogens is 2. The molecule has 0 unspecified atom stereocenters. The topological polar surface area (TPSA) is 95.7 Å². The first kappa shape index (κ1) is 20.7. The number of piperidine rings is 1. The Morgan fingerprint density at radius 1 is 1.19 bits per heavy atom. The number of likely N-dealkylation sites (tertiary alicyclic amines) is 1. The van der Waals surface area contributed by atoms with E-state index in [2.05, 4.69) is 4.98 Å². The summed E-state index contributed by atoms with van der Waals surface area (Å²) >= 11 is 0. The van der Waals surface area contributed by atoms with Gasteiger partial charge in [-0.25, -0.2) is 9.37 Å². The fourth-order valence-corrected chi connectivity index (χ4v) is 4.09. The molecule has 4 rings (SSSR count). The van der Waals surface area contributed by atoms with Gasteiger partial charge in [-0.05, 0) is 54.8 Å². The number of carboxylic acids is 1. The maximum absolute atomic E-state index is 13.6. The highest BCUT2D eigenvalue weighted by Gasteiger charge is 2.50. The predicted molar refractivity (Wildman–Crippen MR) is 110 cm³/mol. The Morgan fingerprint density at radius 3 is 2.61 bits per heavy atom. The lowest BCUT2D eigenvalue weighted by molar-refractivity contribution is -0.161. The summed E-state index contributed by atoms with van der Waals surface area (Å²) in [7, 11) is 0. The molecule has 8 heteroatoms. The Balaban J connectivity index is 1.57. The molecule has 1 saturated heterocycles. The first-order chi connectivity index (χ1) is 14.9. The molecule has 2 aromatic carbocycles. The van der Waals surface area contributed by atoms with Crippen LogP contribution in [0.5, 0.6) is 0 Å². The third-order valence-electron chi connectivity index (χ3n) is 5.82. The Morgan fingerprint density at radius 2 is 1.97 bits per heavy atom. The molecule has 0 bridgehead atoms. The number of aliphatic hydroxyl groups is 1. The lowest BCUT2D eigenvalue weighted by atomic mass is 9.72. The smallest absolute Gasteiger partial charge is 0.314 e. The maximum Gasteiger partial charge on any atom is 0.314 e. The third-order valence-corrected chi connectivity index (χ3v) is 5.82. The van der Waals surface area contributed by atoms with Crippen molar-refractivity contribution in [2.75, 3.05) is 13.1 Å². The van der Waals surface area contributed by atoms with Gasteiger partial charge in [0, 0.05) is 36.7 Å². The summed E-state index contributed by atoms with van der Waals surface area (Å²) in [4.78, 5) is 30.8. The van der Waals surface area contributed by atoms with Crippen LogP contribution >= 0.6 is 0 Å². The molecule has 160 valence electrons. The second-order valence-electron chi connectivity index (χ2n) is 7.82. The summed E-state index contributed by atoms with van der Waals surface area (Å²) in [6.45, 7) is 0.0730. The summed E-state index contributed by atoms with van der Waals surface area (Å²) in [5, 5.41) is 20.6. The van der Waals surface area contributed by atoms with Gasteiger partial charge in [-0.15, -0.1) is 0 Å². The highest BCUT2D eigenvalue weighted by atomic mass is 19.1. The summed E-state index contributed by atoms with van der Waals surface area (Å²) in [5.41, 5.74) is 0.109. The Bertz CT molecular complexity index is 1080. The fraction of sp³-hybridized carbons (Fsp3) is 0.261. The quantitative estimate of drug-likeness (QED) is 0.658. The van der Waals surface area contributed by atoms with Gasteiger partial charge in [-0.3, -0.25) is 9.59 Å². The van der Waals surface area contributed by atoms with Gasteiger partial charge < -0.3 is 19.7 Å². The van der Waals surface area contributed by atoms with Crippen LogP contribution < -0.4 is 0 Å². The van der Waals surface area contributed by atoms with Crippen molar-refractivity contribution in [2.45, 2.75) is 18.9 Å². The van der Waals surface area contributed by atoms with Crippen molar-refractivity contribution in [3.8, 4) is 5.69 Å². The van der Waals surface area contributed by atoms with Gasteiger partial charge in [0.25, 0.3) is 5.91 Å². The Labute approximate surface area is 178 Å². The lowest BCUT2D eigenvalue weighted by Crippen LogP contribution is -2.58. The lowest BCUT2D eigenvalue weighted by Gasteiger charge is -2.43. The van der Waals surface area contributed by atoms with E-state index in [-0.39, 0.29) is 31.8 Å². The molecule has 7 nitrogen and oxygen atoms in total. The van der Waals surface area contributed by atoms with E-state index in [1.165, 1.54) is 23.1 Å². The molecule has 2 atom stereocenters. The van der Waals surface area contributed by atoms with Crippen LogP contribution in [0.4, 0.5) is 4.39 Å². The van der Waals surface area contributed by atoms with Crippen LogP contribution in [0.15, 0.2) is 67.3 Å². The number of benzene rings is 2. The number of amides is 1. The summed E-state index contributed by atoms with van der Waals surface area (Å²) in [6.07, 6.45) is 3.99. The van der Waals surface area contributed by atoms with Crippen LogP contribution in [0, 0.1) is 11.2 Å². The molecule has 1 amide bonds. The van der Waals surface area contributed by atoms with E-state index < -0.39 is 23.3 Å². The number of rotatable bonds is 5. The number of carbonyl (C=O) groups is 2. The molecule has 2 N–H and O–H groups in total. The highest BCUT2D eigenvalue weighted by molar-refractivity contribution is 5.95. The number of aliphatic carboxylic acids is 1. The average Bonchev–Trinajstić information content (AvgIpc) is 3.30. The fourth-order valence-electron chi connectivity index (χ4n) is 4.09. The second kappa shape index (κ2) is 8.31. The summed E-state index contributed by atoms with van der Waals surface area (Å²) in [5.74, 6) is -2.00. The number of carbonyl (C=O) groups excluding carboxylic acids is 1. The largest absolute Gasteiger partial charge is 0.481 e. The van der Waals surface area contributed by atoms with Gasteiger partial charge in [-0.2, -0.15) is 0 Å². The minimum atomic E-state index is -1.61. The maximum atomic E-state index is 13.6.